The van der Waals surface area contributed by atoms with Gasteiger partial charge in [0.05, 0.1) is 6.61 Å². The van der Waals surface area contributed by atoms with E-state index in [4.69, 9.17) is 22.9 Å². The van der Waals surface area contributed by atoms with Crippen LogP contribution in [-0.2, 0) is 22.9 Å². The molecule has 1 fully saturated rings. The van der Waals surface area contributed by atoms with Crippen LogP contribution < -0.4 is 16.5 Å². The van der Waals surface area contributed by atoms with Gasteiger partial charge >= 0.3 is 11.8 Å². The van der Waals surface area contributed by atoms with Crippen LogP contribution in [0.1, 0.15) is 108 Å². The molecule has 1 aliphatic heterocycles. The molecule has 1 aliphatic rings. The van der Waals surface area contributed by atoms with Gasteiger partial charge in [0, 0.05) is 18.8 Å². The summed E-state index contributed by atoms with van der Waals surface area (Å²) in [6.07, 6.45) is 4.09. The number of ether oxygens (including phenoxy) is 1. The summed E-state index contributed by atoms with van der Waals surface area (Å²) in [6.45, 7) is 36.2. The van der Waals surface area contributed by atoms with E-state index in [1.165, 1.54) is 17.4 Å². The summed E-state index contributed by atoms with van der Waals surface area (Å²) in [4.78, 5) is 35.2. The minimum Gasteiger partial charge on any atom is -0.414 e. The monoisotopic (exact) mass is 742 g/mol. The SMILES string of the molecule is CCCCCCCNC(=O)ONc1ccn([C@@H]2O[C@H](CO[Si](C)(C)C(C)(C)C)[C@H](O[Si](C)(C)C(C)(C)C)C2O[Si](C)(C)C(C)(C)C)c(=O)n1. The number of nitrogens with zero attached hydrogens (tertiary/aromatic N) is 2. The lowest BCUT2D eigenvalue weighted by atomic mass is 10.1. The number of aromatic nitrogens is 2. The molecule has 2 rings (SSSR count). The molecule has 0 aliphatic carbocycles. The van der Waals surface area contributed by atoms with Crippen molar-refractivity contribution in [3.05, 3.63) is 22.7 Å². The number of carbonyl (C=O) groups is 1. The highest BCUT2D eigenvalue weighted by atomic mass is 28.4. The first kappa shape index (κ1) is 43.6. The van der Waals surface area contributed by atoms with Crippen LogP contribution in [-0.4, -0.2) is 72.1 Å². The second kappa shape index (κ2) is 16.8. The molecule has 1 saturated heterocycles. The van der Waals surface area contributed by atoms with E-state index in [0.29, 0.717) is 13.2 Å². The minimum atomic E-state index is -2.39. The van der Waals surface area contributed by atoms with Gasteiger partial charge in [0.2, 0.25) is 0 Å². The molecule has 1 unspecified atom stereocenters. The summed E-state index contributed by atoms with van der Waals surface area (Å²) in [7, 11) is -6.87. The third kappa shape index (κ3) is 12.0. The molecule has 2 N–H and O–H groups in total. The van der Waals surface area contributed by atoms with Crippen molar-refractivity contribution in [3.8, 4) is 0 Å². The van der Waals surface area contributed by atoms with Crippen LogP contribution in [0.25, 0.3) is 0 Å². The summed E-state index contributed by atoms with van der Waals surface area (Å²) < 4.78 is 29.3. The Morgan fingerprint density at radius 2 is 1.37 bits per heavy atom. The molecule has 1 amide bonds. The van der Waals surface area contributed by atoms with Crippen LogP contribution in [0.3, 0.4) is 0 Å². The van der Waals surface area contributed by atoms with E-state index in [2.05, 4.69) is 124 Å². The van der Waals surface area contributed by atoms with Gasteiger partial charge in [-0.2, -0.15) is 10.5 Å². The van der Waals surface area contributed by atoms with Crippen LogP contribution in [0.15, 0.2) is 17.1 Å². The largest absolute Gasteiger partial charge is 0.431 e. The van der Waals surface area contributed by atoms with Crippen molar-refractivity contribution >= 4 is 36.9 Å². The van der Waals surface area contributed by atoms with Gasteiger partial charge in [0.25, 0.3) is 0 Å². The number of anilines is 1. The summed E-state index contributed by atoms with van der Waals surface area (Å²) >= 11 is 0. The quantitative estimate of drug-likeness (QED) is 0.0971. The second-order valence-electron chi connectivity index (χ2n) is 18.2. The maximum Gasteiger partial charge on any atom is 0.431 e. The summed E-state index contributed by atoms with van der Waals surface area (Å²) in [5.74, 6) is 0.117. The van der Waals surface area contributed by atoms with Crippen molar-refractivity contribution in [2.75, 3.05) is 18.6 Å². The Balaban J connectivity index is 2.44. The Morgan fingerprint density at radius 1 is 0.837 bits per heavy atom. The molecule has 0 bridgehead atoms. The lowest BCUT2D eigenvalue weighted by Crippen LogP contribution is -2.54. The average Bonchev–Trinajstić information content (AvgIpc) is 3.26. The predicted octanol–water partition coefficient (Wildman–Crippen LogP) is 8.97. The molecule has 284 valence electrons. The second-order valence-corrected chi connectivity index (χ2v) is 32.5. The highest BCUT2D eigenvalue weighted by Gasteiger charge is 2.55. The van der Waals surface area contributed by atoms with E-state index in [1.807, 2.05) is 0 Å². The predicted molar refractivity (Wildman–Crippen MR) is 207 cm³/mol. The molecule has 14 heteroatoms. The molecule has 11 nitrogen and oxygen atoms in total. The number of unbranched alkanes of at least 4 members (excludes halogenated alkanes) is 4. The zero-order valence-electron chi connectivity index (χ0n) is 33.7. The Kier molecular flexibility index (Phi) is 15.0. The van der Waals surface area contributed by atoms with Crippen LogP contribution in [0.4, 0.5) is 10.6 Å². The van der Waals surface area contributed by atoms with Crippen molar-refractivity contribution in [3.63, 3.8) is 0 Å². The van der Waals surface area contributed by atoms with Crippen LogP contribution >= 0.6 is 0 Å². The van der Waals surface area contributed by atoms with Gasteiger partial charge in [-0.3, -0.25) is 4.57 Å². The van der Waals surface area contributed by atoms with E-state index in [-0.39, 0.29) is 20.9 Å². The molecule has 0 spiro atoms. The highest BCUT2D eigenvalue weighted by Crippen LogP contribution is 2.46. The smallest absolute Gasteiger partial charge is 0.414 e. The van der Waals surface area contributed by atoms with Crippen molar-refractivity contribution in [2.24, 2.45) is 0 Å². The molecule has 0 saturated carbocycles. The van der Waals surface area contributed by atoms with E-state index in [9.17, 15) is 9.59 Å². The minimum absolute atomic E-state index is 0.00905. The normalized spacial score (nSPS) is 21.1. The van der Waals surface area contributed by atoms with Crippen molar-refractivity contribution in [1.82, 2.24) is 14.9 Å². The summed E-state index contributed by atoms with van der Waals surface area (Å²) in [5.41, 5.74) is 1.95. The standard InChI is InChI=1S/C35H70N4O7Si3/c1-17-18-19-20-21-23-36-32(41)44-38-27-22-24-39(31(40)37-27)30-29(46-49(15,16)35(8,9)10)28(45-48(13,14)34(5,6)7)26(43-30)25-42-47(11,12)33(2,3)4/h22,24,26,28-30H,17-21,23,25H2,1-16H3,(H,36,41)(H,37,38,40)/t26-,28+,29?,30-/m1/s1. The Labute approximate surface area is 300 Å². The molecular formula is C35H70N4O7Si3. The first-order chi connectivity index (χ1) is 22.2. The number of hydrogen-bond acceptors (Lipinski definition) is 9. The first-order valence-corrected chi connectivity index (χ1v) is 26.9. The van der Waals surface area contributed by atoms with Crippen LogP contribution in [0.2, 0.25) is 54.4 Å². The zero-order chi connectivity index (χ0) is 37.6. The zero-order valence-corrected chi connectivity index (χ0v) is 36.7. The highest BCUT2D eigenvalue weighted by molar-refractivity contribution is 6.75. The molecule has 49 heavy (non-hydrogen) atoms. The molecule has 0 radical (unpaired) electrons. The Hall–Kier alpha value is -1.56. The molecular weight excluding hydrogens is 673 g/mol. The molecule has 0 aromatic carbocycles. The molecule has 4 atom stereocenters. The van der Waals surface area contributed by atoms with Crippen molar-refractivity contribution < 1.29 is 27.6 Å². The first-order valence-electron chi connectivity index (χ1n) is 18.2. The number of nitrogens with one attached hydrogen (secondary N) is 2. The summed E-state index contributed by atoms with van der Waals surface area (Å²) in [5, 5.41) is 2.57. The van der Waals surface area contributed by atoms with Gasteiger partial charge in [0.15, 0.2) is 37.0 Å². The third-order valence-corrected chi connectivity index (χ3v) is 24.5. The average molecular weight is 743 g/mol. The molecule has 1 aromatic rings. The maximum absolute atomic E-state index is 13.7. The summed E-state index contributed by atoms with van der Waals surface area (Å²) in [6, 6.07) is 1.59. The maximum atomic E-state index is 13.7. The topological polar surface area (TPSA) is 122 Å². The van der Waals surface area contributed by atoms with Crippen molar-refractivity contribution in [2.45, 2.75) is 180 Å². The van der Waals surface area contributed by atoms with Gasteiger partial charge < -0.3 is 28.2 Å². The number of carbonyl (C=O) groups excluding carboxylic acids is 1. The van der Waals surface area contributed by atoms with E-state index < -0.39 is 61.3 Å². The van der Waals surface area contributed by atoms with E-state index >= 15 is 0 Å². The lowest BCUT2D eigenvalue weighted by Gasteiger charge is -2.44. The van der Waals surface area contributed by atoms with Crippen LogP contribution in [0.5, 0.6) is 0 Å². The van der Waals surface area contributed by atoms with Gasteiger partial charge in [-0.15, -0.1) is 0 Å². The number of amides is 1. The third-order valence-electron chi connectivity index (χ3n) is 11.1. The van der Waals surface area contributed by atoms with Crippen LogP contribution in [0, 0.1) is 0 Å². The van der Waals surface area contributed by atoms with Gasteiger partial charge in [-0.25, -0.2) is 9.59 Å². The van der Waals surface area contributed by atoms with E-state index in [1.54, 1.807) is 12.3 Å². The number of rotatable bonds is 16. The Morgan fingerprint density at radius 3 is 1.88 bits per heavy atom. The van der Waals surface area contributed by atoms with Gasteiger partial charge in [0.1, 0.15) is 18.3 Å². The fourth-order valence-corrected chi connectivity index (χ4v) is 8.21. The van der Waals surface area contributed by atoms with E-state index in [0.717, 1.165) is 19.3 Å². The van der Waals surface area contributed by atoms with Crippen molar-refractivity contribution in [1.29, 1.82) is 0 Å². The van der Waals surface area contributed by atoms with Gasteiger partial charge in [-0.05, 0) is 60.8 Å². The fourth-order valence-electron chi connectivity index (χ4n) is 4.59. The molecule has 2 heterocycles. The van der Waals surface area contributed by atoms with Gasteiger partial charge in [-0.1, -0.05) is 94.9 Å². The molecule has 1 aromatic heterocycles. The lowest BCUT2D eigenvalue weighted by molar-refractivity contribution is -0.0509. The Bertz CT molecular complexity index is 1270. The fraction of sp³-hybridized carbons (Fsp3) is 0.857. The number of hydrogen-bond donors (Lipinski definition) is 2.